The zero-order chi connectivity index (χ0) is 15.0. The molecule has 1 aliphatic heterocycles. The molecular formula is C15H12ClNO4. The van der Waals surface area contributed by atoms with Gasteiger partial charge in [0, 0.05) is 18.2 Å². The van der Waals surface area contributed by atoms with Crippen LogP contribution in [0.3, 0.4) is 0 Å². The van der Waals surface area contributed by atoms with Gasteiger partial charge in [-0.05, 0) is 35.4 Å². The Balaban J connectivity index is 1.94. The van der Waals surface area contributed by atoms with Crippen molar-refractivity contribution < 1.29 is 19.1 Å². The van der Waals surface area contributed by atoms with E-state index in [0.29, 0.717) is 6.54 Å². The van der Waals surface area contributed by atoms with Gasteiger partial charge in [-0.15, -0.1) is 0 Å². The molecule has 0 aliphatic carbocycles. The van der Waals surface area contributed by atoms with Gasteiger partial charge in [-0.25, -0.2) is 0 Å². The molecule has 108 valence electrons. The molecule has 1 aliphatic rings. The molecule has 1 atom stereocenters. The van der Waals surface area contributed by atoms with Crippen LogP contribution in [0.15, 0.2) is 40.8 Å². The van der Waals surface area contributed by atoms with Gasteiger partial charge in [0.2, 0.25) is 0 Å². The molecule has 0 spiro atoms. The number of hydrogen-bond donors (Lipinski definition) is 1. The summed E-state index contributed by atoms with van der Waals surface area (Å²) in [7, 11) is 0. The molecule has 1 unspecified atom stereocenters. The summed E-state index contributed by atoms with van der Waals surface area (Å²) in [5.74, 6) is -1.27. The van der Waals surface area contributed by atoms with E-state index in [9.17, 15) is 9.59 Å². The number of anilines is 1. The number of carbonyl (C=O) groups excluding carboxylic acids is 1. The van der Waals surface area contributed by atoms with Crippen molar-refractivity contribution in [3.05, 3.63) is 52.9 Å². The number of halogens is 1. The highest BCUT2D eigenvalue weighted by molar-refractivity contribution is 6.29. The molecule has 21 heavy (non-hydrogen) atoms. The molecule has 6 heteroatoms. The molecule has 5 nitrogen and oxygen atoms in total. The van der Waals surface area contributed by atoms with Gasteiger partial charge in [-0.1, -0.05) is 18.2 Å². The molecule has 0 fully saturated rings. The van der Waals surface area contributed by atoms with Crippen LogP contribution in [0, 0.1) is 0 Å². The number of benzene rings is 1. The molecule has 1 N–H and O–H groups in total. The standard InChI is InChI=1S/C15H12ClNO4/c16-13-6-5-12(21-13)15(20)17-8-9(7-14(18)19)10-3-1-2-4-11(10)17/h1-6,9H,7-8H2,(H,18,19). The molecule has 0 radical (unpaired) electrons. The van der Waals surface area contributed by atoms with Crippen molar-refractivity contribution in [2.24, 2.45) is 0 Å². The average molecular weight is 306 g/mol. The van der Waals surface area contributed by atoms with Crippen LogP contribution in [0.1, 0.15) is 28.5 Å². The predicted octanol–water partition coefficient (Wildman–Crippen LogP) is 3.15. The average Bonchev–Trinajstić information content (AvgIpc) is 3.03. The van der Waals surface area contributed by atoms with Crippen molar-refractivity contribution in [2.75, 3.05) is 11.4 Å². The lowest BCUT2D eigenvalue weighted by atomic mass is 9.98. The van der Waals surface area contributed by atoms with E-state index in [1.165, 1.54) is 17.0 Å². The van der Waals surface area contributed by atoms with Gasteiger partial charge in [0.1, 0.15) is 0 Å². The summed E-state index contributed by atoms with van der Waals surface area (Å²) >= 11 is 5.69. The third kappa shape index (κ3) is 2.52. The molecule has 1 aromatic heterocycles. The van der Waals surface area contributed by atoms with Crippen molar-refractivity contribution in [1.29, 1.82) is 0 Å². The van der Waals surface area contributed by atoms with Gasteiger partial charge in [0.25, 0.3) is 5.91 Å². The minimum Gasteiger partial charge on any atom is -0.481 e. The maximum Gasteiger partial charge on any atom is 0.304 e. The summed E-state index contributed by atoms with van der Waals surface area (Å²) in [6, 6.07) is 10.3. The van der Waals surface area contributed by atoms with E-state index < -0.39 is 5.97 Å². The van der Waals surface area contributed by atoms with E-state index in [1.807, 2.05) is 18.2 Å². The Morgan fingerprint density at radius 3 is 2.71 bits per heavy atom. The summed E-state index contributed by atoms with van der Waals surface area (Å²) in [4.78, 5) is 25.0. The van der Waals surface area contributed by atoms with Gasteiger partial charge >= 0.3 is 5.97 Å². The first-order valence-electron chi connectivity index (χ1n) is 6.44. The van der Waals surface area contributed by atoms with E-state index in [1.54, 1.807) is 6.07 Å². The number of hydrogen-bond acceptors (Lipinski definition) is 3. The van der Waals surface area contributed by atoms with Crippen molar-refractivity contribution in [2.45, 2.75) is 12.3 Å². The van der Waals surface area contributed by atoms with Crippen molar-refractivity contribution >= 4 is 29.2 Å². The SMILES string of the molecule is O=C(O)CC1CN(C(=O)c2ccc(Cl)o2)c2ccccc21. The van der Waals surface area contributed by atoms with Gasteiger partial charge in [0.05, 0.1) is 6.42 Å². The van der Waals surface area contributed by atoms with Crippen LogP contribution in [-0.4, -0.2) is 23.5 Å². The van der Waals surface area contributed by atoms with Crippen molar-refractivity contribution in [3.8, 4) is 0 Å². The number of rotatable bonds is 3. The quantitative estimate of drug-likeness (QED) is 0.945. The summed E-state index contributed by atoms with van der Waals surface area (Å²) in [6.07, 6.45) is -0.0142. The highest BCUT2D eigenvalue weighted by Crippen LogP contribution is 2.38. The highest BCUT2D eigenvalue weighted by Gasteiger charge is 2.34. The molecule has 0 bridgehead atoms. The van der Waals surface area contributed by atoms with Crippen molar-refractivity contribution in [1.82, 2.24) is 0 Å². The lowest BCUT2D eigenvalue weighted by molar-refractivity contribution is -0.137. The van der Waals surface area contributed by atoms with Crippen LogP contribution in [0.5, 0.6) is 0 Å². The second-order valence-electron chi connectivity index (χ2n) is 4.87. The van der Waals surface area contributed by atoms with Gasteiger partial charge in [-0.2, -0.15) is 0 Å². The first-order valence-corrected chi connectivity index (χ1v) is 6.82. The number of carbonyl (C=O) groups is 2. The topological polar surface area (TPSA) is 70.8 Å². The van der Waals surface area contributed by atoms with Crippen LogP contribution in [-0.2, 0) is 4.79 Å². The number of furan rings is 1. The van der Waals surface area contributed by atoms with E-state index in [-0.39, 0.29) is 29.2 Å². The number of fused-ring (bicyclic) bond motifs is 1. The second-order valence-corrected chi connectivity index (χ2v) is 5.25. The fourth-order valence-corrected chi connectivity index (χ4v) is 2.78. The fraction of sp³-hybridized carbons (Fsp3) is 0.200. The largest absolute Gasteiger partial charge is 0.481 e. The number of aliphatic carboxylic acids is 1. The highest BCUT2D eigenvalue weighted by atomic mass is 35.5. The summed E-state index contributed by atoms with van der Waals surface area (Å²) in [6.45, 7) is 0.322. The first kappa shape index (κ1) is 13.7. The molecule has 1 aromatic carbocycles. The van der Waals surface area contributed by atoms with Gasteiger partial charge in [0.15, 0.2) is 11.0 Å². The number of para-hydroxylation sites is 1. The minimum atomic E-state index is -0.884. The molecule has 1 amide bonds. The van der Waals surface area contributed by atoms with Crippen LogP contribution < -0.4 is 4.90 Å². The zero-order valence-electron chi connectivity index (χ0n) is 11.0. The van der Waals surface area contributed by atoms with Crippen LogP contribution in [0.4, 0.5) is 5.69 Å². The van der Waals surface area contributed by atoms with E-state index >= 15 is 0 Å². The second kappa shape index (κ2) is 5.26. The Labute approximate surface area is 125 Å². The van der Waals surface area contributed by atoms with E-state index in [2.05, 4.69) is 0 Å². The third-order valence-corrected chi connectivity index (χ3v) is 3.72. The molecule has 2 aromatic rings. The molecular weight excluding hydrogens is 294 g/mol. The first-order chi connectivity index (χ1) is 10.1. The molecule has 0 saturated heterocycles. The van der Waals surface area contributed by atoms with Crippen LogP contribution in [0.2, 0.25) is 5.22 Å². The smallest absolute Gasteiger partial charge is 0.304 e. The lowest BCUT2D eigenvalue weighted by Gasteiger charge is -2.16. The normalized spacial score (nSPS) is 16.8. The summed E-state index contributed by atoms with van der Waals surface area (Å²) < 4.78 is 5.15. The molecule has 2 heterocycles. The maximum absolute atomic E-state index is 12.5. The number of carboxylic acids is 1. The predicted molar refractivity (Wildman–Crippen MR) is 76.8 cm³/mol. The summed E-state index contributed by atoms with van der Waals surface area (Å²) in [5, 5.41) is 9.15. The number of amides is 1. The van der Waals surface area contributed by atoms with E-state index in [0.717, 1.165) is 11.3 Å². The Morgan fingerprint density at radius 2 is 2.05 bits per heavy atom. The minimum absolute atomic E-state index is 0.0142. The van der Waals surface area contributed by atoms with Crippen LogP contribution in [0.25, 0.3) is 0 Å². The van der Waals surface area contributed by atoms with Gasteiger partial charge < -0.3 is 14.4 Å². The molecule has 0 saturated carbocycles. The van der Waals surface area contributed by atoms with E-state index in [4.69, 9.17) is 21.1 Å². The van der Waals surface area contributed by atoms with Gasteiger partial charge in [-0.3, -0.25) is 9.59 Å². The zero-order valence-corrected chi connectivity index (χ0v) is 11.7. The number of carboxylic acid groups (broad SMARTS) is 1. The number of nitrogens with zero attached hydrogens (tertiary/aromatic N) is 1. The Hall–Kier alpha value is -2.27. The van der Waals surface area contributed by atoms with Crippen LogP contribution >= 0.6 is 11.6 Å². The monoisotopic (exact) mass is 305 g/mol. The molecule has 3 rings (SSSR count). The Kier molecular flexibility index (Phi) is 3.43. The van der Waals surface area contributed by atoms with Crippen molar-refractivity contribution in [3.63, 3.8) is 0 Å². The third-order valence-electron chi connectivity index (χ3n) is 3.52. The maximum atomic E-state index is 12.5. The fourth-order valence-electron chi connectivity index (χ4n) is 2.64. The lowest BCUT2D eigenvalue weighted by Crippen LogP contribution is -2.29. The summed E-state index contributed by atoms with van der Waals surface area (Å²) in [5.41, 5.74) is 1.59. The Morgan fingerprint density at radius 1 is 1.29 bits per heavy atom. The Bertz CT molecular complexity index is 709.